The van der Waals surface area contributed by atoms with E-state index in [1.165, 1.54) is 49.5 Å². The zero-order valence-corrected chi connectivity index (χ0v) is 32.8. The molecule has 59 heavy (non-hydrogen) atoms. The van der Waals surface area contributed by atoms with Gasteiger partial charge in [-0.05, 0) is 73.5 Å². The van der Waals surface area contributed by atoms with Gasteiger partial charge in [0.15, 0.2) is 5.82 Å². The molecular weight excluding hydrogens is 717 g/mol. The van der Waals surface area contributed by atoms with E-state index in [0.717, 1.165) is 56.0 Å². The van der Waals surface area contributed by atoms with Crippen molar-refractivity contribution in [1.29, 1.82) is 0 Å². The van der Waals surface area contributed by atoms with Crippen LogP contribution in [0.25, 0.3) is 100 Å². The van der Waals surface area contributed by atoms with Gasteiger partial charge in [-0.15, -0.1) is 0 Å². The summed E-state index contributed by atoms with van der Waals surface area (Å²) in [5, 5.41) is 3.60. The summed E-state index contributed by atoms with van der Waals surface area (Å²) >= 11 is 0. The zero-order valence-electron chi connectivity index (χ0n) is 32.8. The van der Waals surface area contributed by atoms with Crippen LogP contribution in [0.15, 0.2) is 194 Å². The van der Waals surface area contributed by atoms with Gasteiger partial charge in [0.1, 0.15) is 0 Å². The summed E-state index contributed by atoms with van der Waals surface area (Å²) in [4.78, 5) is 20.2. The summed E-state index contributed by atoms with van der Waals surface area (Å²) in [7, 11) is 0. The third-order valence-corrected chi connectivity index (χ3v) is 12.0. The zero-order chi connectivity index (χ0) is 39.5. The van der Waals surface area contributed by atoms with Crippen LogP contribution < -0.4 is 0 Å². The van der Waals surface area contributed by atoms with Crippen molar-refractivity contribution in [3.63, 3.8) is 0 Å². The Labute approximate surface area is 343 Å². The summed E-state index contributed by atoms with van der Waals surface area (Å²) in [6.45, 7) is 4.68. The van der Waals surface area contributed by atoms with Crippen LogP contribution in [0.1, 0.15) is 25.0 Å². The van der Waals surface area contributed by atoms with Gasteiger partial charge in [-0.1, -0.05) is 178 Å². The lowest BCUT2D eigenvalue weighted by atomic mass is 9.78. The van der Waals surface area contributed by atoms with Gasteiger partial charge in [-0.2, -0.15) is 0 Å². The van der Waals surface area contributed by atoms with Gasteiger partial charge < -0.3 is 0 Å². The van der Waals surface area contributed by atoms with Crippen LogP contribution in [-0.4, -0.2) is 19.9 Å². The normalized spacial score (nSPS) is 12.7. The van der Waals surface area contributed by atoms with Crippen LogP contribution >= 0.6 is 0 Å². The number of fused-ring (bicyclic) bond motifs is 6. The second kappa shape index (κ2) is 13.8. The van der Waals surface area contributed by atoms with Gasteiger partial charge in [0, 0.05) is 45.4 Å². The maximum Gasteiger partial charge on any atom is 0.160 e. The first-order chi connectivity index (χ1) is 29.0. The van der Waals surface area contributed by atoms with E-state index in [-0.39, 0.29) is 5.41 Å². The number of benzene rings is 7. The summed E-state index contributed by atoms with van der Waals surface area (Å²) in [5.74, 6) is 0.676. The molecule has 10 aromatic rings. The van der Waals surface area contributed by atoms with Gasteiger partial charge >= 0.3 is 0 Å². The van der Waals surface area contributed by atoms with E-state index in [0.29, 0.717) is 5.82 Å². The minimum atomic E-state index is -0.243. The topological polar surface area (TPSA) is 51.6 Å². The molecule has 0 aliphatic heterocycles. The van der Waals surface area contributed by atoms with Crippen molar-refractivity contribution >= 4 is 21.7 Å². The van der Waals surface area contributed by atoms with Crippen LogP contribution in [-0.2, 0) is 5.41 Å². The van der Waals surface area contributed by atoms with Crippen molar-refractivity contribution in [2.24, 2.45) is 0 Å². The van der Waals surface area contributed by atoms with E-state index in [2.05, 4.69) is 189 Å². The van der Waals surface area contributed by atoms with E-state index in [4.69, 9.17) is 15.0 Å². The quantitative estimate of drug-likeness (QED) is 0.159. The van der Waals surface area contributed by atoms with Crippen LogP contribution in [0.3, 0.4) is 0 Å². The molecule has 0 saturated heterocycles. The number of hydrogen-bond donors (Lipinski definition) is 0. The van der Waals surface area contributed by atoms with E-state index < -0.39 is 0 Å². The molecule has 0 fully saturated rings. The highest BCUT2D eigenvalue weighted by Crippen LogP contribution is 2.54. The Kier molecular flexibility index (Phi) is 8.12. The Hall–Kier alpha value is -7.56. The third kappa shape index (κ3) is 5.92. The van der Waals surface area contributed by atoms with E-state index >= 15 is 0 Å². The smallest absolute Gasteiger partial charge is 0.160 e. The lowest BCUT2D eigenvalue weighted by Crippen LogP contribution is -2.16. The lowest BCUT2D eigenvalue weighted by molar-refractivity contribution is 0.662. The molecule has 0 radical (unpaired) electrons. The molecule has 1 aliphatic rings. The number of rotatable bonds is 6. The van der Waals surface area contributed by atoms with Crippen molar-refractivity contribution in [2.45, 2.75) is 19.3 Å². The summed E-state index contributed by atoms with van der Waals surface area (Å²) in [6, 6.07) is 64.5. The average molecular weight is 755 g/mol. The average Bonchev–Trinajstić information content (AvgIpc) is 3.54. The van der Waals surface area contributed by atoms with Crippen LogP contribution in [0.4, 0.5) is 0 Å². The molecule has 4 heteroatoms. The van der Waals surface area contributed by atoms with Crippen molar-refractivity contribution in [1.82, 2.24) is 19.9 Å². The first-order valence-corrected chi connectivity index (χ1v) is 20.1. The SMILES string of the molecule is CC1(C)c2ccccc2-c2nc3ccc4ccccc4c3c(-c3ccc(-c4nc(-c5ccc(-c6ccccc6)cc5)cc(-c5ccc(-c6cccnc6)cc5)n4)cc3)c21. The Morgan fingerprint density at radius 1 is 0.441 bits per heavy atom. The highest BCUT2D eigenvalue weighted by molar-refractivity contribution is 6.15. The summed E-state index contributed by atoms with van der Waals surface area (Å²) in [5.41, 5.74) is 17.3. The largest absolute Gasteiger partial charge is 0.264 e. The minimum absolute atomic E-state index is 0.243. The van der Waals surface area contributed by atoms with Gasteiger partial charge in [0.05, 0.1) is 22.6 Å². The molecule has 11 rings (SSSR count). The molecule has 3 aromatic heterocycles. The highest BCUT2D eigenvalue weighted by Gasteiger charge is 2.39. The second-order valence-corrected chi connectivity index (χ2v) is 15.9. The lowest BCUT2D eigenvalue weighted by Gasteiger charge is -2.25. The van der Waals surface area contributed by atoms with Gasteiger partial charge in [-0.3, -0.25) is 4.98 Å². The number of pyridine rings is 2. The highest BCUT2D eigenvalue weighted by atomic mass is 14.9. The molecule has 278 valence electrons. The molecule has 0 amide bonds. The van der Waals surface area contributed by atoms with Crippen molar-refractivity contribution in [2.75, 3.05) is 0 Å². The molecule has 0 bridgehead atoms. The third-order valence-electron chi connectivity index (χ3n) is 12.0. The molecule has 4 nitrogen and oxygen atoms in total. The molecule has 3 heterocycles. The van der Waals surface area contributed by atoms with Crippen LogP contribution in [0.2, 0.25) is 0 Å². The molecular formula is C55H38N4. The fraction of sp³-hybridized carbons (Fsp3) is 0.0545. The van der Waals surface area contributed by atoms with E-state index in [1.807, 2.05) is 18.3 Å². The first-order valence-electron chi connectivity index (χ1n) is 20.1. The summed E-state index contributed by atoms with van der Waals surface area (Å²) in [6.07, 6.45) is 3.69. The fourth-order valence-electron chi connectivity index (χ4n) is 8.99. The van der Waals surface area contributed by atoms with E-state index in [1.54, 1.807) is 6.20 Å². The Morgan fingerprint density at radius 3 is 1.73 bits per heavy atom. The van der Waals surface area contributed by atoms with Gasteiger partial charge in [0.2, 0.25) is 0 Å². The fourth-order valence-corrected chi connectivity index (χ4v) is 8.99. The number of nitrogens with zero attached hydrogens (tertiary/aromatic N) is 4. The maximum atomic E-state index is 5.39. The van der Waals surface area contributed by atoms with Crippen molar-refractivity contribution in [3.8, 4) is 78.5 Å². The van der Waals surface area contributed by atoms with Crippen molar-refractivity contribution in [3.05, 3.63) is 206 Å². The minimum Gasteiger partial charge on any atom is -0.264 e. The predicted molar refractivity (Wildman–Crippen MR) is 243 cm³/mol. The molecule has 0 spiro atoms. The van der Waals surface area contributed by atoms with Gasteiger partial charge in [0.25, 0.3) is 0 Å². The molecule has 0 saturated carbocycles. The van der Waals surface area contributed by atoms with Crippen LogP contribution in [0, 0.1) is 0 Å². The molecule has 0 N–H and O–H groups in total. The maximum absolute atomic E-state index is 5.39. The summed E-state index contributed by atoms with van der Waals surface area (Å²) < 4.78 is 0. The number of aromatic nitrogens is 4. The first kappa shape index (κ1) is 34.7. The van der Waals surface area contributed by atoms with Crippen molar-refractivity contribution < 1.29 is 0 Å². The van der Waals surface area contributed by atoms with Gasteiger partial charge in [-0.25, -0.2) is 15.0 Å². The predicted octanol–water partition coefficient (Wildman–Crippen LogP) is 13.9. The molecule has 1 aliphatic carbocycles. The molecule has 0 unspecified atom stereocenters. The monoisotopic (exact) mass is 754 g/mol. The Morgan fingerprint density at radius 2 is 1.02 bits per heavy atom. The second-order valence-electron chi connectivity index (χ2n) is 15.9. The Bertz CT molecular complexity index is 3090. The Balaban J connectivity index is 1.06. The molecule has 7 aromatic carbocycles. The van der Waals surface area contributed by atoms with Crippen LogP contribution in [0.5, 0.6) is 0 Å². The molecule has 0 atom stereocenters. The van der Waals surface area contributed by atoms with E-state index in [9.17, 15) is 0 Å². The number of hydrogen-bond acceptors (Lipinski definition) is 4. The standard InChI is InChI=1S/C55H38N4/c1-55(2)46-17-9-8-16-45(46)53-52(55)50(51-44-15-7-6-13-38(44)30-31-47(51)57-53)41-26-28-42(29-27-41)54-58-48(39-22-18-36(19-23-39)35-11-4-3-5-12-35)33-49(59-54)40-24-20-37(21-25-40)43-14-10-32-56-34-43/h3-34H,1-2H3.